The monoisotopic (exact) mass is 446 g/mol. The normalized spacial score (nSPS) is 11.0. The lowest BCUT2D eigenvalue weighted by molar-refractivity contribution is -0.154. The van der Waals surface area contributed by atoms with Gasteiger partial charge in [-0.05, 0) is 81.1 Å². The zero-order valence-electron chi connectivity index (χ0n) is 19.3. The zero-order chi connectivity index (χ0) is 23.7. The van der Waals surface area contributed by atoms with Gasteiger partial charge >= 0.3 is 5.97 Å². The van der Waals surface area contributed by atoms with E-state index in [1.54, 1.807) is 30.7 Å². The minimum atomic E-state index is -0.459. The van der Waals surface area contributed by atoms with Gasteiger partial charge in [0.25, 0.3) is 5.91 Å². The van der Waals surface area contributed by atoms with Crippen LogP contribution in [-0.4, -0.2) is 27.4 Å². The molecule has 1 amide bonds. The van der Waals surface area contributed by atoms with E-state index in [2.05, 4.69) is 20.6 Å². The Morgan fingerprint density at radius 3 is 2.36 bits per heavy atom. The fourth-order valence-electron chi connectivity index (χ4n) is 3.20. The number of hydrogen-bond acceptors (Lipinski definition) is 6. The first-order valence-corrected chi connectivity index (χ1v) is 11.0. The van der Waals surface area contributed by atoms with Crippen LogP contribution in [0.5, 0.6) is 0 Å². The SMILES string of the molecule is CC(C)(C)OC(=O)CCCc1ccc(NC(=O)c2cccnc2NCc2ccncc2)cc1. The Morgan fingerprint density at radius 1 is 0.939 bits per heavy atom. The van der Waals surface area contributed by atoms with Crippen LogP contribution >= 0.6 is 0 Å². The van der Waals surface area contributed by atoms with E-state index in [9.17, 15) is 9.59 Å². The molecule has 0 aliphatic rings. The Morgan fingerprint density at radius 2 is 1.67 bits per heavy atom. The number of benzene rings is 1. The molecule has 0 saturated carbocycles. The van der Waals surface area contributed by atoms with E-state index in [4.69, 9.17) is 4.74 Å². The Bertz CT molecular complexity index is 1060. The maximum absolute atomic E-state index is 12.8. The van der Waals surface area contributed by atoms with Crippen LogP contribution in [0.1, 0.15) is 55.1 Å². The summed E-state index contributed by atoms with van der Waals surface area (Å²) in [6, 6.07) is 14.9. The van der Waals surface area contributed by atoms with Gasteiger partial charge in [-0.3, -0.25) is 14.6 Å². The van der Waals surface area contributed by atoms with Crippen molar-refractivity contribution in [1.29, 1.82) is 0 Å². The molecule has 0 fully saturated rings. The van der Waals surface area contributed by atoms with Crippen molar-refractivity contribution in [3.8, 4) is 0 Å². The number of aryl methyl sites for hydroxylation is 1. The summed E-state index contributed by atoms with van der Waals surface area (Å²) in [5.41, 5.74) is 2.84. The van der Waals surface area contributed by atoms with Gasteiger partial charge in [0.1, 0.15) is 11.4 Å². The van der Waals surface area contributed by atoms with E-state index in [0.29, 0.717) is 36.5 Å². The molecule has 3 aromatic rings. The third-order valence-corrected chi connectivity index (χ3v) is 4.74. The molecule has 0 saturated heterocycles. The second-order valence-corrected chi connectivity index (χ2v) is 8.70. The van der Waals surface area contributed by atoms with Crippen LogP contribution in [0.2, 0.25) is 0 Å². The molecule has 33 heavy (non-hydrogen) atoms. The lowest BCUT2D eigenvalue weighted by atomic mass is 10.1. The maximum atomic E-state index is 12.8. The summed E-state index contributed by atoms with van der Waals surface area (Å²) in [4.78, 5) is 33.0. The molecule has 0 spiro atoms. The van der Waals surface area contributed by atoms with Gasteiger partial charge in [0.2, 0.25) is 0 Å². The summed E-state index contributed by atoms with van der Waals surface area (Å²) >= 11 is 0. The van der Waals surface area contributed by atoms with Crippen molar-refractivity contribution in [3.63, 3.8) is 0 Å². The molecule has 2 aromatic heterocycles. The highest BCUT2D eigenvalue weighted by Gasteiger charge is 2.16. The third kappa shape index (κ3) is 8.03. The van der Waals surface area contributed by atoms with Crippen LogP contribution < -0.4 is 10.6 Å². The van der Waals surface area contributed by atoms with Crippen LogP contribution in [0.4, 0.5) is 11.5 Å². The fourth-order valence-corrected chi connectivity index (χ4v) is 3.20. The van der Waals surface area contributed by atoms with Crippen LogP contribution in [0.25, 0.3) is 0 Å². The number of amides is 1. The Balaban J connectivity index is 1.53. The second kappa shape index (κ2) is 11.2. The highest BCUT2D eigenvalue weighted by molar-refractivity contribution is 6.07. The van der Waals surface area contributed by atoms with E-state index in [-0.39, 0.29) is 11.9 Å². The summed E-state index contributed by atoms with van der Waals surface area (Å²) < 4.78 is 5.33. The zero-order valence-corrected chi connectivity index (χ0v) is 19.3. The molecular weight excluding hydrogens is 416 g/mol. The van der Waals surface area contributed by atoms with Gasteiger partial charge in [0.15, 0.2) is 0 Å². The van der Waals surface area contributed by atoms with Gasteiger partial charge in [0.05, 0.1) is 5.56 Å². The molecular formula is C26H30N4O3. The van der Waals surface area contributed by atoms with Gasteiger partial charge in [-0.2, -0.15) is 0 Å². The molecule has 0 aliphatic heterocycles. The Labute approximate surface area is 194 Å². The summed E-state index contributed by atoms with van der Waals surface area (Å²) in [5.74, 6) is 0.0970. The molecule has 2 N–H and O–H groups in total. The van der Waals surface area contributed by atoms with Gasteiger partial charge in [-0.1, -0.05) is 12.1 Å². The van der Waals surface area contributed by atoms with Crippen molar-refractivity contribution < 1.29 is 14.3 Å². The average molecular weight is 447 g/mol. The molecule has 7 nitrogen and oxygen atoms in total. The number of pyridine rings is 2. The van der Waals surface area contributed by atoms with Crippen LogP contribution in [0.15, 0.2) is 67.1 Å². The number of ether oxygens (including phenoxy) is 1. The molecule has 0 aliphatic carbocycles. The van der Waals surface area contributed by atoms with Crippen molar-refractivity contribution in [2.24, 2.45) is 0 Å². The molecule has 172 valence electrons. The lowest BCUT2D eigenvalue weighted by Crippen LogP contribution is -2.23. The number of aromatic nitrogens is 2. The molecule has 0 unspecified atom stereocenters. The van der Waals surface area contributed by atoms with Crippen molar-refractivity contribution in [2.45, 2.75) is 52.2 Å². The first-order chi connectivity index (χ1) is 15.8. The van der Waals surface area contributed by atoms with Gasteiger partial charge in [0, 0.05) is 37.2 Å². The largest absolute Gasteiger partial charge is 0.460 e. The molecule has 0 bridgehead atoms. The van der Waals surface area contributed by atoms with Crippen molar-refractivity contribution in [1.82, 2.24) is 9.97 Å². The first-order valence-electron chi connectivity index (χ1n) is 11.0. The van der Waals surface area contributed by atoms with E-state index in [0.717, 1.165) is 17.5 Å². The summed E-state index contributed by atoms with van der Waals surface area (Å²) in [5, 5.41) is 6.14. The number of nitrogens with zero attached hydrogens (tertiary/aromatic N) is 2. The molecule has 3 rings (SSSR count). The predicted molar refractivity (Wildman–Crippen MR) is 129 cm³/mol. The van der Waals surface area contributed by atoms with Gasteiger partial charge in [-0.25, -0.2) is 4.98 Å². The van der Waals surface area contributed by atoms with Crippen molar-refractivity contribution >= 4 is 23.4 Å². The minimum absolute atomic E-state index is 0.184. The van der Waals surface area contributed by atoms with Gasteiger partial charge in [-0.15, -0.1) is 0 Å². The van der Waals surface area contributed by atoms with Crippen molar-refractivity contribution in [3.05, 3.63) is 83.8 Å². The minimum Gasteiger partial charge on any atom is -0.460 e. The number of carbonyl (C=O) groups excluding carboxylic acids is 2. The number of rotatable bonds is 9. The molecule has 0 atom stereocenters. The Hall–Kier alpha value is -3.74. The number of anilines is 2. The highest BCUT2D eigenvalue weighted by atomic mass is 16.6. The second-order valence-electron chi connectivity index (χ2n) is 8.70. The standard InChI is InChI=1S/C26H30N4O3/c1-26(2,3)33-23(31)8-4-6-19-9-11-21(12-10-19)30-25(32)22-7-5-15-28-24(22)29-18-20-13-16-27-17-14-20/h5,7,9-17H,4,6,8,18H2,1-3H3,(H,28,29)(H,30,32). The van der Waals surface area contributed by atoms with Crippen LogP contribution in [0, 0.1) is 0 Å². The lowest BCUT2D eigenvalue weighted by Gasteiger charge is -2.19. The van der Waals surface area contributed by atoms with E-state index in [1.165, 1.54) is 0 Å². The summed E-state index contributed by atoms with van der Waals surface area (Å²) in [6.07, 6.45) is 6.96. The molecule has 0 radical (unpaired) electrons. The average Bonchev–Trinajstić information content (AvgIpc) is 2.78. The third-order valence-electron chi connectivity index (χ3n) is 4.74. The first kappa shape index (κ1) is 23.9. The number of esters is 1. The number of carbonyl (C=O) groups is 2. The summed E-state index contributed by atoms with van der Waals surface area (Å²) in [6.45, 7) is 6.13. The predicted octanol–water partition coefficient (Wildman–Crippen LogP) is 5.01. The highest BCUT2D eigenvalue weighted by Crippen LogP contribution is 2.18. The van der Waals surface area contributed by atoms with E-state index >= 15 is 0 Å². The number of nitrogens with one attached hydrogen (secondary N) is 2. The maximum Gasteiger partial charge on any atom is 0.306 e. The summed E-state index contributed by atoms with van der Waals surface area (Å²) in [7, 11) is 0. The van der Waals surface area contributed by atoms with Crippen LogP contribution in [0.3, 0.4) is 0 Å². The van der Waals surface area contributed by atoms with Crippen LogP contribution in [-0.2, 0) is 22.5 Å². The topological polar surface area (TPSA) is 93.2 Å². The quantitative estimate of drug-likeness (QED) is 0.449. The molecule has 1 aromatic carbocycles. The number of hydrogen-bond donors (Lipinski definition) is 2. The van der Waals surface area contributed by atoms with Gasteiger partial charge < -0.3 is 15.4 Å². The molecule has 7 heteroatoms. The molecule has 2 heterocycles. The van der Waals surface area contributed by atoms with E-state index in [1.807, 2.05) is 57.2 Å². The smallest absolute Gasteiger partial charge is 0.306 e. The fraction of sp³-hybridized carbons (Fsp3) is 0.308. The Kier molecular flexibility index (Phi) is 8.13. The van der Waals surface area contributed by atoms with Crippen molar-refractivity contribution in [2.75, 3.05) is 10.6 Å². The van der Waals surface area contributed by atoms with E-state index < -0.39 is 5.60 Å².